The Morgan fingerprint density at radius 3 is 2.73 bits per heavy atom. The smallest absolute Gasteiger partial charge is 0.254 e. The first-order chi connectivity index (χ1) is 10.7. The highest BCUT2D eigenvalue weighted by Gasteiger charge is 2.07. The number of hydrogen-bond donors (Lipinski definition) is 1. The fourth-order valence-corrected chi connectivity index (χ4v) is 1.94. The summed E-state index contributed by atoms with van der Waals surface area (Å²) in [5, 5.41) is 2.74. The largest absolute Gasteiger partial charge is 0.472 e. The lowest BCUT2D eigenvalue weighted by atomic mass is 10.1. The molecule has 0 fully saturated rings. The minimum atomic E-state index is -0.301. The molecule has 6 heteroatoms. The van der Waals surface area contributed by atoms with Crippen LogP contribution in [0.3, 0.4) is 0 Å². The topological polar surface area (TPSA) is 68.0 Å². The number of benzene rings is 1. The second-order valence-corrected chi connectivity index (χ2v) is 4.60. The first-order valence-electron chi connectivity index (χ1n) is 6.59. The molecule has 3 rings (SSSR count). The predicted octanol–water partition coefficient (Wildman–Crippen LogP) is 2.81. The fourth-order valence-electron chi connectivity index (χ4n) is 1.94. The summed E-state index contributed by atoms with van der Waals surface area (Å²) >= 11 is 0. The standard InChI is InChI=1S/C16H12FN3O2/c17-13-3-1-11(2-4-13)15-7-14(19-10-20-15)8-18-16(21)12-5-6-22-9-12/h1-7,9-10H,8H2,(H,18,21). The van der Waals surface area contributed by atoms with E-state index in [0.29, 0.717) is 17.0 Å². The average molecular weight is 297 g/mol. The highest BCUT2D eigenvalue weighted by molar-refractivity contribution is 5.93. The zero-order valence-electron chi connectivity index (χ0n) is 11.5. The number of halogens is 1. The van der Waals surface area contributed by atoms with E-state index in [1.165, 1.54) is 31.0 Å². The molecule has 0 aliphatic carbocycles. The molecule has 0 spiro atoms. The van der Waals surface area contributed by atoms with Gasteiger partial charge in [0.05, 0.1) is 29.8 Å². The number of carbonyl (C=O) groups excluding carboxylic acids is 1. The van der Waals surface area contributed by atoms with Crippen molar-refractivity contribution in [3.05, 3.63) is 72.3 Å². The summed E-state index contributed by atoms with van der Waals surface area (Å²) in [5.41, 5.74) is 2.56. The van der Waals surface area contributed by atoms with E-state index in [0.717, 1.165) is 5.56 Å². The molecule has 0 aliphatic rings. The second kappa shape index (κ2) is 6.17. The van der Waals surface area contributed by atoms with E-state index in [1.54, 1.807) is 24.3 Å². The lowest BCUT2D eigenvalue weighted by Gasteiger charge is -2.05. The van der Waals surface area contributed by atoms with Gasteiger partial charge in [-0.2, -0.15) is 0 Å². The number of hydrogen-bond acceptors (Lipinski definition) is 4. The van der Waals surface area contributed by atoms with Crippen LogP contribution in [0.5, 0.6) is 0 Å². The molecule has 1 N–H and O–H groups in total. The molecule has 0 saturated heterocycles. The number of nitrogens with one attached hydrogen (secondary N) is 1. The molecule has 0 aliphatic heterocycles. The van der Waals surface area contributed by atoms with Crippen LogP contribution in [0.25, 0.3) is 11.3 Å². The van der Waals surface area contributed by atoms with Gasteiger partial charge in [-0.15, -0.1) is 0 Å². The van der Waals surface area contributed by atoms with Gasteiger partial charge in [-0.3, -0.25) is 4.79 Å². The molecule has 1 amide bonds. The summed E-state index contributed by atoms with van der Waals surface area (Å²) in [5.74, 6) is -0.541. The van der Waals surface area contributed by atoms with Crippen LogP contribution < -0.4 is 5.32 Å². The van der Waals surface area contributed by atoms with Crippen LogP contribution in [0.4, 0.5) is 4.39 Å². The van der Waals surface area contributed by atoms with Gasteiger partial charge in [0.25, 0.3) is 5.91 Å². The van der Waals surface area contributed by atoms with Crippen molar-refractivity contribution < 1.29 is 13.6 Å². The van der Waals surface area contributed by atoms with Gasteiger partial charge < -0.3 is 9.73 Å². The fraction of sp³-hybridized carbons (Fsp3) is 0.0625. The third-order valence-corrected chi connectivity index (χ3v) is 3.08. The van der Waals surface area contributed by atoms with Gasteiger partial charge in [0.1, 0.15) is 18.4 Å². The van der Waals surface area contributed by atoms with Gasteiger partial charge in [0.15, 0.2) is 0 Å². The van der Waals surface area contributed by atoms with Crippen molar-refractivity contribution in [1.29, 1.82) is 0 Å². The molecule has 0 unspecified atom stereocenters. The van der Waals surface area contributed by atoms with Gasteiger partial charge in [0.2, 0.25) is 0 Å². The number of carbonyl (C=O) groups is 1. The molecule has 2 aromatic heterocycles. The van der Waals surface area contributed by atoms with E-state index < -0.39 is 0 Å². The molecule has 0 saturated carbocycles. The van der Waals surface area contributed by atoms with E-state index >= 15 is 0 Å². The third kappa shape index (κ3) is 3.17. The van der Waals surface area contributed by atoms with Crippen molar-refractivity contribution >= 4 is 5.91 Å². The normalized spacial score (nSPS) is 10.4. The first-order valence-corrected chi connectivity index (χ1v) is 6.59. The van der Waals surface area contributed by atoms with Crippen molar-refractivity contribution in [2.45, 2.75) is 6.54 Å². The number of furan rings is 1. The van der Waals surface area contributed by atoms with E-state index in [9.17, 15) is 9.18 Å². The lowest BCUT2D eigenvalue weighted by Crippen LogP contribution is -2.22. The van der Waals surface area contributed by atoms with Crippen molar-refractivity contribution in [2.24, 2.45) is 0 Å². The lowest BCUT2D eigenvalue weighted by molar-refractivity contribution is 0.0950. The van der Waals surface area contributed by atoms with Crippen LogP contribution in [0.2, 0.25) is 0 Å². The molecular formula is C16H12FN3O2. The quantitative estimate of drug-likeness (QED) is 0.804. The first kappa shape index (κ1) is 13.9. The van der Waals surface area contributed by atoms with E-state index in [4.69, 9.17) is 4.42 Å². The molecule has 2 heterocycles. The maximum atomic E-state index is 12.9. The van der Waals surface area contributed by atoms with Gasteiger partial charge in [-0.25, -0.2) is 14.4 Å². The average Bonchev–Trinajstić information content (AvgIpc) is 3.08. The van der Waals surface area contributed by atoms with Crippen molar-refractivity contribution in [1.82, 2.24) is 15.3 Å². The molecule has 110 valence electrons. The van der Waals surface area contributed by atoms with Crippen LogP contribution >= 0.6 is 0 Å². The highest BCUT2D eigenvalue weighted by atomic mass is 19.1. The number of amides is 1. The van der Waals surface area contributed by atoms with E-state index in [-0.39, 0.29) is 18.3 Å². The molecular weight excluding hydrogens is 285 g/mol. The van der Waals surface area contributed by atoms with E-state index in [2.05, 4.69) is 15.3 Å². The Balaban J connectivity index is 1.71. The summed E-state index contributed by atoms with van der Waals surface area (Å²) in [6, 6.07) is 9.37. The Labute approximate surface area is 125 Å². The van der Waals surface area contributed by atoms with Gasteiger partial charge in [0, 0.05) is 5.56 Å². The third-order valence-electron chi connectivity index (χ3n) is 3.08. The molecule has 1 aromatic carbocycles. The Bertz CT molecular complexity index is 770. The van der Waals surface area contributed by atoms with Crippen molar-refractivity contribution in [3.8, 4) is 11.3 Å². The van der Waals surface area contributed by atoms with Gasteiger partial charge in [-0.1, -0.05) is 0 Å². The van der Waals surface area contributed by atoms with Crippen LogP contribution in [0, 0.1) is 5.82 Å². The molecule has 0 atom stereocenters. The van der Waals surface area contributed by atoms with E-state index in [1.807, 2.05) is 0 Å². The maximum absolute atomic E-state index is 12.9. The van der Waals surface area contributed by atoms with Crippen LogP contribution in [-0.2, 0) is 6.54 Å². The highest BCUT2D eigenvalue weighted by Crippen LogP contribution is 2.17. The Morgan fingerprint density at radius 1 is 1.18 bits per heavy atom. The van der Waals surface area contributed by atoms with Gasteiger partial charge >= 0.3 is 0 Å². The summed E-state index contributed by atoms with van der Waals surface area (Å²) in [6.45, 7) is 0.265. The minimum absolute atomic E-state index is 0.240. The predicted molar refractivity (Wildman–Crippen MR) is 77.3 cm³/mol. The molecule has 3 aromatic rings. The molecule has 0 bridgehead atoms. The molecule has 5 nitrogen and oxygen atoms in total. The summed E-state index contributed by atoms with van der Waals surface area (Å²) in [7, 11) is 0. The number of rotatable bonds is 4. The monoisotopic (exact) mass is 297 g/mol. The Hall–Kier alpha value is -3.02. The number of aromatic nitrogens is 2. The van der Waals surface area contributed by atoms with Crippen molar-refractivity contribution in [3.63, 3.8) is 0 Å². The molecule has 0 radical (unpaired) electrons. The summed E-state index contributed by atoms with van der Waals surface area (Å²) in [4.78, 5) is 20.1. The van der Waals surface area contributed by atoms with Gasteiger partial charge in [-0.05, 0) is 36.4 Å². The second-order valence-electron chi connectivity index (χ2n) is 4.60. The maximum Gasteiger partial charge on any atom is 0.254 e. The molecule has 22 heavy (non-hydrogen) atoms. The summed E-state index contributed by atoms with van der Waals surface area (Å²) < 4.78 is 17.8. The zero-order chi connectivity index (χ0) is 15.4. The Morgan fingerprint density at radius 2 is 2.00 bits per heavy atom. The SMILES string of the molecule is O=C(NCc1cc(-c2ccc(F)cc2)ncn1)c1ccoc1. The summed E-state index contributed by atoms with van der Waals surface area (Å²) in [6.07, 6.45) is 4.23. The minimum Gasteiger partial charge on any atom is -0.472 e. The van der Waals surface area contributed by atoms with Crippen molar-refractivity contribution in [2.75, 3.05) is 0 Å². The Kier molecular flexibility index (Phi) is 3.91. The van der Waals surface area contributed by atoms with Crippen LogP contribution in [0.15, 0.2) is 59.7 Å². The zero-order valence-corrected chi connectivity index (χ0v) is 11.5. The number of nitrogens with zero attached hydrogens (tertiary/aromatic N) is 2. The van der Waals surface area contributed by atoms with Crippen LogP contribution in [-0.4, -0.2) is 15.9 Å². The van der Waals surface area contributed by atoms with Crippen LogP contribution in [0.1, 0.15) is 16.1 Å².